The number of hydrogen-bond donors (Lipinski definition) is 3. The molecule has 42 heavy (non-hydrogen) atoms. The van der Waals surface area contributed by atoms with E-state index in [1.54, 1.807) is 43.3 Å². The number of amides is 2. The number of ether oxygens (including phenoxy) is 1. The number of nitrogens with one attached hydrogen (secondary N) is 3. The molecule has 3 aromatic carbocycles. The molecule has 218 valence electrons. The number of aryl methyl sites for hydroxylation is 1. The highest BCUT2D eigenvalue weighted by Gasteiger charge is 2.30. The summed E-state index contributed by atoms with van der Waals surface area (Å²) in [6.45, 7) is 3.75. The van der Waals surface area contributed by atoms with E-state index in [1.807, 2.05) is 35.2 Å². The van der Waals surface area contributed by atoms with Crippen LogP contribution in [0.15, 0.2) is 66.7 Å². The minimum Gasteiger partial charge on any atom is -0.465 e. The van der Waals surface area contributed by atoms with Gasteiger partial charge in [-0.15, -0.1) is 0 Å². The second-order valence-corrected chi connectivity index (χ2v) is 12.5. The van der Waals surface area contributed by atoms with Crippen LogP contribution in [0.1, 0.15) is 37.4 Å². The number of carbonyl (C=O) groups excluding carboxylic acids is 3. The van der Waals surface area contributed by atoms with Gasteiger partial charge < -0.3 is 20.7 Å². The third-order valence-electron chi connectivity index (χ3n) is 7.39. The Labute approximate surface area is 244 Å². The predicted molar refractivity (Wildman–Crippen MR) is 162 cm³/mol. The fourth-order valence-electron chi connectivity index (χ4n) is 5.04. The van der Waals surface area contributed by atoms with Gasteiger partial charge >= 0.3 is 5.97 Å². The topological polar surface area (TPSA) is 134 Å². The first-order chi connectivity index (χ1) is 20.1. The summed E-state index contributed by atoms with van der Waals surface area (Å²) in [4.78, 5) is 40.2. The second kappa shape index (κ2) is 12.2. The molecule has 2 heterocycles. The molecule has 11 heteroatoms. The van der Waals surface area contributed by atoms with Gasteiger partial charge in [-0.2, -0.15) is 0 Å². The summed E-state index contributed by atoms with van der Waals surface area (Å²) in [7, 11) is -1.62. The zero-order valence-electron chi connectivity index (χ0n) is 23.4. The molecule has 10 nitrogen and oxygen atoms in total. The van der Waals surface area contributed by atoms with Crippen molar-refractivity contribution in [1.29, 1.82) is 0 Å². The number of nitrogens with zero attached hydrogens (tertiary/aromatic N) is 1. The van der Waals surface area contributed by atoms with Gasteiger partial charge in [-0.05, 0) is 54.4 Å². The molecule has 2 amide bonds. The first-order valence-electron chi connectivity index (χ1n) is 13.6. The summed E-state index contributed by atoms with van der Waals surface area (Å²) in [6, 6.07) is 19.8. The molecule has 3 aromatic rings. The van der Waals surface area contributed by atoms with Gasteiger partial charge in [0.2, 0.25) is 0 Å². The molecule has 0 atom stereocenters. The van der Waals surface area contributed by atoms with E-state index in [1.165, 1.54) is 7.11 Å². The Balaban J connectivity index is 1.35. The number of hydrogen-bond acceptors (Lipinski definition) is 8. The van der Waals surface area contributed by atoms with Crippen LogP contribution in [0, 0.1) is 6.92 Å². The third-order valence-corrected chi connectivity index (χ3v) is 9.00. The third kappa shape index (κ3) is 6.37. The van der Waals surface area contributed by atoms with Crippen LogP contribution < -0.4 is 16.0 Å². The molecule has 0 bridgehead atoms. The zero-order valence-corrected chi connectivity index (χ0v) is 24.2. The lowest BCUT2D eigenvalue weighted by molar-refractivity contribution is -0.110. The second-order valence-electron chi connectivity index (χ2n) is 10.2. The van der Waals surface area contributed by atoms with Crippen LogP contribution >= 0.6 is 0 Å². The molecule has 0 radical (unpaired) electrons. The Morgan fingerprint density at radius 1 is 0.976 bits per heavy atom. The van der Waals surface area contributed by atoms with E-state index in [-0.39, 0.29) is 23.3 Å². The van der Waals surface area contributed by atoms with Crippen LogP contribution in [0.4, 0.5) is 11.4 Å². The number of esters is 1. The normalized spacial score (nSPS) is 17.1. The number of carbonyl (C=O) groups is 3. The molecule has 0 aliphatic carbocycles. The maximum absolute atomic E-state index is 13.3. The highest BCUT2D eigenvalue weighted by atomic mass is 32.2. The van der Waals surface area contributed by atoms with Gasteiger partial charge in [-0.1, -0.05) is 30.3 Å². The van der Waals surface area contributed by atoms with Gasteiger partial charge in [0.15, 0.2) is 9.84 Å². The molecule has 1 fully saturated rings. The van der Waals surface area contributed by atoms with Crippen molar-refractivity contribution in [2.45, 2.75) is 6.92 Å². The maximum Gasteiger partial charge on any atom is 0.338 e. The molecule has 1 saturated heterocycles. The van der Waals surface area contributed by atoms with Gasteiger partial charge in [0.25, 0.3) is 11.8 Å². The number of sulfone groups is 1. The van der Waals surface area contributed by atoms with Gasteiger partial charge in [-0.25, -0.2) is 13.2 Å². The van der Waals surface area contributed by atoms with Gasteiger partial charge in [0, 0.05) is 43.0 Å². The molecule has 0 aromatic heterocycles. The highest BCUT2D eigenvalue weighted by Crippen LogP contribution is 2.39. The predicted octanol–water partition coefficient (Wildman–Crippen LogP) is 3.17. The lowest BCUT2D eigenvalue weighted by Crippen LogP contribution is -2.43. The summed E-state index contributed by atoms with van der Waals surface area (Å²) in [5.74, 6) is -0.709. The van der Waals surface area contributed by atoms with Crippen molar-refractivity contribution in [2.75, 3.05) is 55.4 Å². The molecule has 0 unspecified atom stereocenters. The lowest BCUT2D eigenvalue weighted by atomic mass is 9.96. The van der Waals surface area contributed by atoms with Crippen molar-refractivity contribution in [1.82, 2.24) is 10.2 Å². The van der Waals surface area contributed by atoms with E-state index in [0.29, 0.717) is 71.1 Å². The first kappa shape index (κ1) is 29.0. The standard InChI is InChI=1S/C31H32N4O6S/c1-20-18-25-26(19-24(20)31(38)41-2)34-30(37)27(25)28(21-6-4-3-5-7-21)33-23-10-8-22(9-11-23)29(36)32-12-13-35-14-16-42(39,40)17-15-35/h3-11,18-19,33H,12-17H2,1-2H3,(H,32,36)(H,34,37)/b28-27-. The zero-order chi connectivity index (χ0) is 29.9. The van der Waals surface area contributed by atoms with Gasteiger partial charge in [0.1, 0.15) is 0 Å². The highest BCUT2D eigenvalue weighted by molar-refractivity contribution is 7.91. The Hall–Kier alpha value is -4.48. The number of rotatable bonds is 8. The van der Waals surface area contributed by atoms with Crippen molar-refractivity contribution in [3.8, 4) is 0 Å². The van der Waals surface area contributed by atoms with Crippen LogP contribution in [-0.4, -0.2) is 75.9 Å². The Morgan fingerprint density at radius 2 is 1.67 bits per heavy atom. The number of fused-ring (bicyclic) bond motifs is 1. The van der Waals surface area contributed by atoms with Crippen molar-refractivity contribution < 1.29 is 27.5 Å². The number of methoxy groups -OCH3 is 1. The minimum absolute atomic E-state index is 0.151. The minimum atomic E-state index is -2.94. The smallest absolute Gasteiger partial charge is 0.338 e. The van der Waals surface area contributed by atoms with E-state index in [4.69, 9.17) is 4.74 Å². The molecular formula is C31H32N4O6S. The van der Waals surface area contributed by atoms with Crippen LogP contribution in [0.2, 0.25) is 0 Å². The molecule has 2 aliphatic rings. The maximum atomic E-state index is 13.3. The summed E-state index contributed by atoms with van der Waals surface area (Å²) < 4.78 is 28.1. The Morgan fingerprint density at radius 3 is 2.33 bits per heavy atom. The molecular weight excluding hydrogens is 556 g/mol. The van der Waals surface area contributed by atoms with Crippen LogP contribution in [0.3, 0.4) is 0 Å². The van der Waals surface area contributed by atoms with E-state index in [2.05, 4.69) is 16.0 Å². The lowest BCUT2D eigenvalue weighted by Gasteiger charge is -2.26. The van der Waals surface area contributed by atoms with Crippen molar-refractivity contribution >= 4 is 50.3 Å². The van der Waals surface area contributed by atoms with Gasteiger partial charge in [-0.3, -0.25) is 14.5 Å². The monoisotopic (exact) mass is 588 g/mol. The fraction of sp³-hybridized carbons (Fsp3) is 0.258. The SMILES string of the molecule is COC(=O)c1cc2c(cc1C)/C(=C(/Nc1ccc(C(=O)NCCN3CCS(=O)(=O)CC3)cc1)c1ccccc1)C(=O)N2. The van der Waals surface area contributed by atoms with E-state index >= 15 is 0 Å². The van der Waals surface area contributed by atoms with Gasteiger partial charge in [0.05, 0.1) is 41.1 Å². The van der Waals surface area contributed by atoms with Crippen molar-refractivity contribution in [2.24, 2.45) is 0 Å². The summed E-state index contributed by atoms with van der Waals surface area (Å²) in [5.41, 5.74) is 5.21. The number of benzene rings is 3. The molecule has 0 saturated carbocycles. The quantitative estimate of drug-likeness (QED) is 0.270. The molecule has 0 spiro atoms. The summed E-state index contributed by atoms with van der Waals surface area (Å²) >= 11 is 0. The largest absolute Gasteiger partial charge is 0.465 e. The van der Waals surface area contributed by atoms with E-state index < -0.39 is 15.8 Å². The molecule has 3 N–H and O–H groups in total. The summed E-state index contributed by atoms with van der Waals surface area (Å²) in [5, 5.41) is 9.14. The number of anilines is 2. The van der Waals surface area contributed by atoms with Crippen LogP contribution in [-0.2, 0) is 19.4 Å². The van der Waals surface area contributed by atoms with Crippen LogP contribution in [0.25, 0.3) is 11.3 Å². The average molecular weight is 589 g/mol. The van der Waals surface area contributed by atoms with Crippen molar-refractivity contribution in [3.05, 3.63) is 94.5 Å². The van der Waals surface area contributed by atoms with Crippen molar-refractivity contribution in [3.63, 3.8) is 0 Å². The summed E-state index contributed by atoms with van der Waals surface area (Å²) in [6.07, 6.45) is 0. The average Bonchev–Trinajstić information content (AvgIpc) is 3.30. The fourth-order valence-corrected chi connectivity index (χ4v) is 6.32. The van der Waals surface area contributed by atoms with E-state index in [9.17, 15) is 22.8 Å². The Kier molecular flexibility index (Phi) is 8.41. The molecule has 5 rings (SSSR count). The van der Waals surface area contributed by atoms with E-state index in [0.717, 1.165) is 5.56 Å². The first-order valence-corrected chi connectivity index (χ1v) is 15.4. The van der Waals surface area contributed by atoms with Crippen LogP contribution in [0.5, 0.6) is 0 Å². The Bertz CT molecular complexity index is 1650. The molecule has 2 aliphatic heterocycles.